The van der Waals surface area contributed by atoms with Crippen molar-refractivity contribution in [2.24, 2.45) is 0 Å². The first-order valence-electron chi connectivity index (χ1n) is 13.4. The van der Waals surface area contributed by atoms with Crippen LogP contribution in [0.2, 0.25) is 0 Å². The van der Waals surface area contributed by atoms with Crippen LogP contribution in [-0.4, -0.2) is 63.0 Å². The number of aryl methyl sites for hydroxylation is 1. The van der Waals surface area contributed by atoms with Gasteiger partial charge in [0.2, 0.25) is 5.91 Å². The molecule has 0 radical (unpaired) electrons. The van der Waals surface area contributed by atoms with E-state index in [4.69, 9.17) is 0 Å². The van der Waals surface area contributed by atoms with Gasteiger partial charge in [0.1, 0.15) is 11.9 Å². The minimum absolute atomic E-state index is 0.0687. The number of nitrogens with one attached hydrogen (secondary N) is 1. The number of thiazole rings is 1. The number of para-hydroxylation sites is 1. The van der Waals surface area contributed by atoms with E-state index in [0.29, 0.717) is 31.3 Å². The molecule has 0 unspecified atom stereocenters. The van der Waals surface area contributed by atoms with Crippen LogP contribution in [0, 0.1) is 5.82 Å². The molecular formula is C29H30FN5O3S2. The number of carbonyl (C=O) groups excluding carboxylic acids is 1. The maximum Gasteiger partial charge on any atom is 0.263 e. The summed E-state index contributed by atoms with van der Waals surface area (Å²) in [5.41, 5.74) is 3.56. The van der Waals surface area contributed by atoms with Crippen LogP contribution in [0.5, 0.6) is 0 Å². The number of benzene rings is 3. The van der Waals surface area contributed by atoms with E-state index in [1.807, 2.05) is 36.1 Å². The number of fused-ring (bicyclic) bond motifs is 2. The van der Waals surface area contributed by atoms with Gasteiger partial charge in [0.25, 0.3) is 10.0 Å². The summed E-state index contributed by atoms with van der Waals surface area (Å²) < 4.78 is 43.1. The van der Waals surface area contributed by atoms with Crippen molar-refractivity contribution < 1.29 is 17.6 Å². The molecule has 1 aromatic heterocycles. The lowest BCUT2D eigenvalue weighted by atomic mass is 9.99. The van der Waals surface area contributed by atoms with Crippen molar-refractivity contribution in [2.45, 2.75) is 30.7 Å². The third-order valence-electron chi connectivity index (χ3n) is 7.64. The lowest BCUT2D eigenvalue weighted by Crippen LogP contribution is -2.55. The zero-order valence-electron chi connectivity index (χ0n) is 22.1. The van der Waals surface area contributed by atoms with Crippen LogP contribution in [0.1, 0.15) is 18.9 Å². The summed E-state index contributed by atoms with van der Waals surface area (Å²) in [5, 5.41) is 0.334. The van der Waals surface area contributed by atoms with Crippen molar-refractivity contribution in [1.29, 1.82) is 0 Å². The second kappa shape index (κ2) is 10.7. The van der Waals surface area contributed by atoms with Gasteiger partial charge in [0.15, 0.2) is 5.13 Å². The van der Waals surface area contributed by atoms with Gasteiger partial charge in [-0.15, -0.1) is 0 Å². The Balaban J connectivity index is 1.07. The van der Waals surface area contributed by atoms with Gasteiger partial charge in [-0.05, 0) is 79.9 Å². The molecule has 0 aliphatic carbocycles. The summed E-state index contributed by atoms with van der Waals surface area (Å²) in [4.78, 5) is 24.1. The molecule has 2 aliphatic heterocycles. The highest BCUT2D eigenvalue weighted by molar-refractivity contribution is 7.93. The Kier molecular flexibility index (Phi) is 7.09. The molecule has 0 bridgehead atoms. The summed E-state index contributed by atoms with van der Waals surface area (Å²) in [6.07, 6.45) is 1.71. The number of aromatic nitrogens is 1. The monoisotopic (exact) mass is 579 g/mol. The fourth-order valence-electron chi connectivity index (χ4n) is 5.51. The molecule has 2 aliphatic rings. The molecule has 208 valence electrons. The first-order valence-corrected chi connectivity index (χ1v) is 15.7. The zero-order valence-corrected chi connectivity index (χ0v) is 23.7. The Morgan fingerprint density at radius 2 is 1.75 bits per heavy atom. The van der Waals surface area contributed by atoms with Gasteiger partial charge >= 0.3 is 0 Å². The van der Waals surface area contributed by atoms with Crippen molar-refractivity contribution in [2.75, 3.05) is 47.2 Å². The summed E-state index contributed by atoms with van der Waals surface area (Å²) in [7, 11) is -3.77. The van der Waals surface area contributed by atoms with Crippen molar-refractivity contribution in [3.05, 3.63) is 78.1 Å². The van der Waals surface area contributed by atoms with Crippen LogP contribution < -0.4 is 14.5 Å². The number of carbonyl (C=O) groups is 1. The van der Waals surface area contributed by atoms with Crippen LogP contribution in [0.25, 0.3) is 10.2 Å². The SMILES string of the molecule is C[C@H](C(=O)N1CCN(c2ccc(S(=O)(=O)Nc3nc4ccccc4s3)cc2)CC1)N1CCCc2cc(F)ccc21. The molecule has 0 spiro atoms. The number of piperazine rings is 1. The van der Waals surface area contributed by atoms with E-state index in [1.54, 1.807) is 36.4 Å². The van der Waals surface area contributed by atoms with Crippen LogP contribution in [0.15, 0.2) is 71.6 Å². The van der Waals surface area contributed by atoms with Crippen LogP contribution >= 0.6 is 11.3 Å². The molecule has 0 saturated carbocycles. The third kappa shape index (κ3) is 5.23. The standard InChI is InChI=1S/C29H30FN5O3S2/c1-20(35-14-4-5-21-19-22(30)8-13-26(21)35)28(36)34-17-15-33(16-18-34)23-9-11-24(12-10-23)40(37,38)32-29-31-25-6-2-3-7-27(25)39-29/h2-3,6-13,19-20H,4-5,14-18H2,1H3,(H,31,32)/t20-/m1/s1. The van der Waals surface area contributed by atoms with Crippen LogP contribution in [0.4, 0.5) is 20.9 Å². The van der Waals surface area contributed by atoms with Gasteiger partial charge in [0, 0.05) is 44.1 Å². The number of sulfonamides is 1. The number of nitrogens with zero attached hydrogens (tertiary/aromatic N) is 4. The molecule has 1 atom stereocenters. The Morgan fingerprint density at radius 1 is 1.00 bits per heavy atom. The Hall–Kier alpha value is -3.70. The molecule has 4 aromatic rings. The number of halogens is 1. The van der Waals surface area contributed by atoms with Gasteiger partial charge in [-0.2, -0.15) is 0 Å². The van der Waals surface area contributed by atoms with Crippen molar-refractivity contribution >= 4 is 54.0 Å². The molecule has 1 amide bonds. The van der Waals surface area contributed by atoms with Gasteiger partial charge in [-0.1, -0.05) is 23.5 Å². The smallest absolute Gasteiger partial charge is 0.263 e. The number of rotatable bonds is 6. The minimum Gasteiger partial charge on any atom is -0.368 e. The fraction of sp³-hybridized carbons (Fsp3) is 0.310. The van der Waals surface area contributed by atoms with Crippen LogP contribution in [0.3, 0.4) is 0 Å². The summed E-state index contributed by atoms with van der Waals surface area (Å²) in [5.74, 6) is -0.176. The number of hydrogen-bond acceptors (Lipinski definition) is 7. The summed E-state index contributed by atoms with van der Waals surface area (Å²) >= 11 is 1.30. The topological polar surface area (TPSA) is 85.8 Å². The molecule has 1 N–H and O–H groups in total. The summed E-state index contributed by atoms with van der Waals surface area (Å²) in [6.45, 7) is 5.15. The van der Waals surface area contributed by atoms with Gasteiger partial charge < -0.3 is 14.7 Å². The average molecular weight is 580 g/mol. The first kappa shape index (κ1) is 26.5. The highest BCUT2D eigenvalue weighted by Gasteiger charge is 2.31. The second-order valence-electron chi connectivity index (χ2n) is 10.1. The van der Waals surface area contributed by atoms with E-state index in [1.165, 1.54) is 17.4 Å². The number of amides is 1. The molecule has 8 nitrogen and oxygen atoms in total. The van der Waals surface area contributed by atoms with Crippen molar-refractivity contribution in [3.63, 3.8) is 0 Å². The normalized spacial score (nSPS) is 16.6. The van der Waals surface area contributed by atoms with E-state index >= 15 is 0 Å². The van der Waals surface area contributed by atoms with Crippen molar-refractivity contribution in [3.8, 4) is 0 Å². The molecule has 3 aromatic carbocycles. The predicted octanol–water partition coefficient (Wildman–Crippen LogP) is 4.73. The summed E-state index contributed by atoms with van der Waals surface area (Å²) in [6, 6.07) is 18.8. The molecule has 11 heteroatoms. The van der Waals surface area contributed by atoms with E-state index in [0.717, 1.165) is 46.5 Å². The Morgan fingerprint density at radius 3 is 2.50 bits per heavy atom. The maximum absolute atomic E-state index is 13.7. The second-order valence-corrected chi connectivity index (χ2v) is 12.9. The lowest BCUT2D eigenvalue weighted by molar-refractivity contribution is -0.132. The highest BCUT2D eigenvalue weighted by atomic mass is 32.2. The van der Waals surface area contributed by atoms with Gasteiger partial charge in [-0.25, -0.2) is 17.8 Å². The van der Waals surface area contributed by atoms with E-state index < -0.39 is 10.0 Å². The van der Waals surface area contributed by atoms with E-state index in [-0.39, 0.29) is 22.7 Å². The van der Waals surface area contributed by atoms with Gasteiger partial charge in [-0.3, -0.25) is 9.52 Å². The third-order valence-corrected chi connectivity index (χ3v) is 10.1. The Labute approximate surface area is 237 Å². The largest absolute Gasteiger partial charge is 0.368 e. The quantitative estimate of drug-likeness (QED) is 0.356. The molecular weight excluding hydrogens is 549 g/mol. The highest BCUT2D eigenvalue weighted by Crippen LogP contribution is 2.31. The molecule has 1 fully saturated rings. The average Bonchev–Trinajstić information content (AvgIpc) is 3.37. The number of hydrogen-bond donors (Lipinski definition) is 1. The van der Waals surface area contributed by atoms with Gasteiger partial charge in [0.05, 0.1) is 15.1 Å². The zero-order chi connectivity index (χ0) is 27.9. The van der Waals surface area contributed by atoms with E-state index in [2.05, 4.69) is 19.5 Å². The molecule has 3 heterocycles. The minimum atomic E-state index is -3.77. The fourth-order valence-corrected chi connectivity index (χ4v) is 7.61. The van der Waals surface area contributed by atoms with E-state index in [9.17, 15) is 17.6 Å². The maximum atomic E-state index is 13.7. The molecule has 6 rings (SSSR count). The predicted molar refractivity (Wildman–Crippen MR) is 157 cm³/mol. The van der Waals surface area contributed by atoms with Crippen LogP contribution in [-0.2, 0) is 21.2 Å². The molecule has 40 heavy (non-hydrogen) atoms. The lowest BCUT2D eigenvalue weighted by Gasteiger charge is -2.41. The molecule has 1 saturated heterocycles. The first-order chi connectivity index (χ1) is 19.3. The number of anilines is 3. The van der Waals surface area contributed by atoms with Crippen molar-refractivity contribution in [1.82, 2.24) is 9.88 Å². The Bertz CT molecular complexity index is 1620.